The van der Waals surface area contributed by atoms with E-state index in [1.54, 1.807) is 28.8 Å². The molecule has 122 valence electrons. The fraction of sp³-hybridized carbons (Fsp3) is 0.308. The van der Waals surface area contributed by atoms with Crippen molar-refractivity contribution in [3.05, 3.63) is 40.9 Å². The molecule has 0 spiro atoms. The van der Waals surface area contributed by atoms with Gasteiger partial charge in [-0.2, -0.15) is 10.2 Å². The number of aryl methyl sites for hydroxylation is 1. The minimum absolute atomic E-state index is 0.0804. The first kappa shape index (κ1) is 14.2. The van der Waals surface area contributed by atoms with Crippen LogP contribution in [0.2, 0.25) is 0 Å². The average molecular weight is 327 g/mol. The van der Waals surface area contributed by atoms with Crippen LogP contribution in [0.25, 0.3) is 16.7 Å². The lowest BCUT2D eigenvalue weighted by molar-refractivity contribution is -0.385. The fourth-order valence-corrected chi connectivity index (χ4v) is 2.51. The summed E-state index contributed by atoms with van der Waals surface area (Å²) in [4.78, 5) is 19.3. The molecular weight excluding hydrogens is 314 g/mol. The highest BCUT2D eigenvalue weighted by atomic mass is 16.6. The summed E-state index contributed by atoms with van der Waals surface area (Å²) in [5.74, 6) is 0.471. The normalized spacial score (nSPS) is 12.3. The quantitative estimate of drug-likeness (QED) is 0.404. The summed E-state index contributed by atoms with van der Waals surface area (Å²) in [7, 11) is 1.80. The minimum atomic E-state index is -0.769. The van der Waals surface area contributed by atoms with Gasteiger partial charge >= 0.3 is 5.69 Å². The molecule has 0 aliphatic heterocycles. The Balaban J connectivity index is 1.87. The van der Waals surface area contributed by atoms with E-state index in [-0.39, 0.29) is 5.69 Å². The number of nitrogens with zero attached hydrogens (tertiary/aromatic N) is 9. The summed E-state index contributed by atoms with van der Waals surface area (Å²) in [5.41, 5.74) is 0.476. The zero-order valence-electron chi connectivity index (χ0n) is 13.2. The Labute approximate surface area is 134 Å². The lowest BCUT2D eigenvalue weighted by atomic mass is 10.1. The Morgan fingerprint density at radius 1 is 1.21 bits per heavy atom. The standard InChI is InChI=1S/C13H13N9O2/c1-13(2,21-6-8(4-16-21)22(23)24)12-17-11-9-5-15-19(3)10(9)14-7-20(11)18-12/h4-7H,1-3H3. The van der Waals surface area contributed by atoms with Crippen molar-refractivity contribution >= 4 is 22.4 Å². The molecule has 11 heteroatoms. The molecule has 4 aromatic heterocycles. The van der Waals surface area contributed by atoms with E-state index in [4.69, 9.17) is 0 Å². The van der Waals surface area contributed by atoms with E-state index < -0.39 is 10.5 Å². The maximum Gasteiger partial charge on any atom is 0.307 e. The SMILES string of the molecule is Cn1ncc2c1ncn1nc(C(C)(C)n3cc([N+](=O)[O-])cn3)nc21. The first-order valence-corrected chi connectivity index (χ1v) is 7.11. The smallest absolute Gasteiger partial charge is 0.258 e. The van der Waals surface area contributed by atoms with Gasteiger partial charge in [0, 0.05) is 7.05 Å². The van der Waals surface area contributed by atoms with Crippen LogP contribution in [0.15, 0.2) is 24.9 Å². The lowest BCUT2D eigenvalue weighted by Crippen LogP contribution is -2.29. The van der Waals surface area contributed by atoms with Gasteiger partial charge in [0.2, 0.25) is 0 Å². The summed E-state index contributed by atoms with van der Waals surface area (Å²) in [6, 6.07) is 0. The molecule has 0 aliphatic carbocycles. The van der Waals surface area contributed by atoms with E-state index in [0.717, 1.165) is 5.39 Å². The van der Waals surface area contributed by atoms with Gasteiger partial charge in [0.15, 0.2) is 17.1 Å². The van der Waals surface area contributed by atoms with E-state index in [1.807, 2.05) is 13.8 Å². The summed E-state index contributed by atoms with van der Waals surface area (Å²) in [6.45, 7) is 3.68. The maximum atomic E-state index is 10.9. The molecule has 11 nitrogen and oxygen atoms in total. The molecule has 0 fully saturated rings. The summed E-state index contributed by atoms with van der Waals surface area (Å²) < 4.78 is 4.71. The first-order valence-electron chi connectivity index (χ1n) is 7.11. The van der Waals surface area contributed by atoms with Crippen LogP contribution in [-0.4, -0.2) is 44.1 Å². The molecular formula is C13H13N9O2. The van der Waals surface area contributed by atoms with Gasteiger partial charge in [-0.15, -0.1) is 5.10 Å². The van der Waals surface area contributed by atoms with Crippen LogP contribution in [-0.2, 0) is 12.6 Å². The van der Waals surface area contributed by atoms with Crippen LogP contribution in [0.5, 0.6) is 0 Å². The van der Waals surface area contributed by atoms with Gasteiger partial charge < -0.3 is 0 Å². The summed E-state index contributed by atoms with van der Waals surface area (Å²) in [5, 5.41) is 24.3. The fourth-order valence-electron chi connectivity index (χ4n) is 2.51. The molecule has 4 aromatic rings. The van der Waals surface area contributed by atoms with Gasteiger partial charge in [-0.05, 0) is 13.8 Å². The van der Waals surface area contributed by atoms with Gasteiger partial charge in [-0.1, -0.05) is 0 Å². The maximum absolute atomic E-state index is 10.9. The highest BCUT2D eigenvalue weighted by Gasteiger charge is 2.31. The van der Waals surface area contributed by atoms with Crippen LogP contribution in [0.3, 0.4) is 0 Å². The van der Waals surface area contributed by atoms with Crippen molar-refractivity contribution in [1.29, 1.82) is 0 Å². The number of rotatable bonds is 3. The second kappa shape index (κ2) is 4.57. The third-order valence-corrected chi connectivity index (χ3v) is 3.97. The molecule has 24 heavy (non-hydrogen) atoms. The molecule has 0 atom stereocenters. The third kappa shape index (κ3) is 1.87. The second-order valence-electron chi connectivity index (χ2n) is 5.91. The van der Waals surface area contributed by atoms with E-state index in [2.05, 4.69) is 25.3 Å². The predicted octanol–water partition coefficient (Wildman–Crippen LogP) is 0.899. The highest BCUT2D eigenvalue weighted by molar-refractivity contribution is 5.88. The van der Waals surface area contributed by atoms with Crippen LogP contribution in [0, 0.1) is 10.1 Å². The van der Waals surface area contributed by atoms with Gasteiger partial charge in [-0.25, -0.2) is 14.5 Å². The van der Waals surface area contributed by atoms with Gasteiger partial charge in [0.25, 0.3) is 0 Å². The topological polar surface area (TPSA) is 122 Å². The zero-order valence-corrected chi connectivity index (χ0v) is 13.2. The minimum Gasteiger partial charge on any atom is -0.258 e. The van der Waals surface area contributed by atoms with E-state index in [0.29, 0.717) is 17.1 Å². The van der Waals surface area contributed by atoms with Crippen molar-refractivity contribution in [2.45, 2.75) is 19.4 Å². The molecule has 0 N–H and O–H groups in total. The Kier molecular flexibility index (Phi) is 2.71. The third-order valence-electron chi connectivity index (χ3n) is 3.97. The molecule has 0 saturated carbocycles. The Bertz CT molecular complexity index is 1090. The van der Waals surface area contributed by atoms with Crippen LogP contribution < -0.4 is 0 Å². The molecule has 0 saturated heterocycles. The number of aromatic nitrogens is 8. The Morgan fingerprint density at radius 3 is 2.71 bits per heavy atom. The Morgan fingerprint density at radius 2 is 2.00 bits per heavy atom. The molecule has 0 amide bonds. The summed E-state index contributed by atoms with van der Waals surface area (Å²) in [6.07, 6.45) is 5.82. The van der Waals surface area contributed by atoms with Crippen molar-refractivity contribution in [3.8, 4) is 0 Å². The van der Waals surface area contributed by atoms with Crippen LogP contribution in [0.4, 0.5) is 5.69 Å². The van der Waals surface area contributed by atoms with Crippen LogP contribution in [0.1, 0.15) is 19.7 Å². The molecule has 0 aliphatic rings. The zero-order chi connectivity index (χ0) is 17.1. The highest BCUT2D eigenvalue weighted by Crippen LogP contribution is 2.25. The largest absolute Gasteiger partial charge is 0.307 e. The first-order chi connectivity index (χ1) is 11.4. The molecule has 0 unspecified atom stereocenters. The second-order valence-corrected chi connectivity index (χ2v) is 5.91. The van der Waals surface area contributed by atoms with Gasteiger partial charge in [0.05, 0.1) is 16.5 Å². The van der Waals surface area contributed by atoms with Crippen LogP contribution >= 0.6 is 0 Å². The van der Waals surface area contributed by atoms with Crippen molar-refractivity contribution in [3.63, 3.8) is 0 Å². The molecule has 4 rings (SSSR count). The van der Waals surface area contributed by atoms with Gasteiger partial charge in [-0.3, -0.25) is 19.5 Å². The predicted molar refractivity (Wildman–Crippen MR) is 82.4 cm³/mol. The van der Waals surface area contributed by atoms with E-state index in [9.17, 15) is 10.1 Å². The molecule has 0 radical (unpaired) electrons. The number of hydrogen-bond acceptors (Lipinski definition) is 7. The van der Waals surface area contributed by atoms with Gasteiger partial charge in [0.1, 0.15) is 24.3 Å². The lowest BCUT2D eigenvalue weighted by Gasteiger charge is -2.20. The number of hydrogen-bond donors (Lipinski definition) is 0. The van der Waals surface area contributed by atoms with E-state index in [1.165, 1.54) is 17.1 Å². The molecule has 4 heterocycles. The van der Waals surface area contributed by atoms with Crippen molar-refractivity contribution in [1.82, 2.24) is 39.1 Å². The molecule has 0 bridgehead atoms. The van der Waals surface area contributed by atoms with Crippen molar-refractivity contribution < 1.29 is 4.92 Å². The monoisotopic (exact) mass is 327 g/mol. The van der Waals surface area contributed by atoms with E-state index >= 15 is 0 Å². The van der Waals surface area contributed by atoms with Crippen molar-refractivity contribution in [2.75, 3.05) is 0 Å². The average Bonchev–Trinajstić information content (AvgIpc) is 3.24. The number of fused-ring (bicyclic) bond motifs is 3. The summed E-state index contributed by atoms with van der Waals surface area (Å²) >= 11 is 0. The number of nitro groups is 1. The Hall–Kier alpha value is -3.37. The molecule has 0 aromatic carbocycles. The van der Waals surface area contributed by atoms with Crippen molar-refractivity contribution in [2.24, 2.45) is 7.05 Å².